The van der Waals surface area contributed by atoms with Crippen LogP contribution in [-0.2, 0) is 11.2 Å². The zero-order valence-corrected chi connectivity index (χ0v) is 16.3. The van der Waals surface area contributed by atoms with Crippen molar-refractivity contribution in [3.05, 3.63) is 63.2 Å². The summed E-state index contributed by atoms with van der Waals surface area (Å²) in [5.41, 5.74) is 2.77. The summed E-state index contributed by atoms with van der Waals surface area (Å²) in [5, 5.41) is 18.1. The Labute approximate surface area is 169 Å². The van der Waals surface area contributed by atoms with Gasteiger partial charge in [-0.25, -0.2) is 4.98 Å². The molecule has 2 heterocycles. The summed E-state index contributed by atoms with van der Waals surface area (Å²) in [4.78, 5) is 37.3. The van der Waals surface area contributed by atoms with Gasteiger partial charge in [0.25, 0.3) is 5.91 Å². The van der Waals surface area contributed by atoms with Crippen molar-refractivity contribution in [3.8, 4) is 11.3 Å². The molecule has 29 heavy (non-hydrogen) atoms. The molecule has 150 valence electrons. The Morgan fingerprint density at radius 1 is 1.21 bits per heavy atom. The molecule has 0 saturated heterocycles. The third-order valence-electron chi connectivity index (χ3n) is 3.99. The van der Waals surface area contributed by atoms with Gasteiger partial charge in [-0.2, -0.15) is 0 Å². The molecular weight excluding hydrogens is 396 g/mol. The molecular formula is C19H18N4O5S. The Morgan fingerprint density at radius 3 is 2.62 bits per heavy atom. The molecule has 9 nitrogen and oxygen atoms in total. The lowest BCUT2D eigenvalue weighted by atomic mass is 10.1. The molecule has 0 aliphatic carbocycles. The van der Waals surface area contributed by atoms with E-state index in [-0.39, 0.29) is 11.7 Å². The van der Waals surface area contributed by atoms with Crippen molar-refractivity contribution in [2.75, 3.05) is 11.9 Å². The highest BCUT2D eigenvalue weighted by Gasteiger charge is 2.18. The number of rotatable bonds is 8. The smallest absolute Gasteiger partial charge is 0.395 e. The minimum atomic E-state index is -0.707. The molecule has 0 unspecified atom stereocenters. The summed E-state index contributed by atoms with van der Waals surface area (Å²) in [6.07, 6.45) is 1.71. The molecule has 0 aliphatic rings. The third-order valence-corrected chi connectivity index (χ3v) is 4.74. The number of aromatic nitrogens is 1. The van der Waals surface area contributed by atoms with E-state index in [1.807, 2.05) is 29.6 Å². The number of hydrogen-bond donors (Lipinski definition) is 2. The summed E-state index contributed by atoms with van der Waals surface area (Å²) < 4.78 is 4.88. The van der Waals surface area contributed by atoms with Gasteiger partial charge < -0.3 is 9.73 Å². The van der Waals surface area contributed by atoms with Crippen LogP contribution < -0.4 is 10.6 Å². The predicted octanol–water partition coefficient (Wildman–Crippen LogP) is 3.63. The van der Waals surface area contributed by atoms with Crippen molar-refractivity contribution in [3.63, 3.8) is 0 Å². The zero-order valence-electron chi connectivity index (χ0n) is 15.5. The lowest BCUT2D eigenvalue weighted by molar-refractivity contribution is -0.402. The van der Waals surface area contributed by atoms with Crippen molar-refractivity contribution in [2.45, 2.75) is 19.8 Å². The molecule has 10 heteroatoms. The van der Waals surface area contributed by atoms with Crippen LogP contribution in [0.15, 0.2) is 46.2 Å². The van der Waals surface area contributed by atoms with Gasteiger partial charge in [0.15, 0.2) is 10.9 Å². The number of carbonyl (C=O) groups excluding carboxylic acids is 2. The Kier molecular flexibility index (Phi) is 6.35. The van der Waals surface area contributed by atoms with Crippen LogP contribution in [0.1, 0.15) is 29.5 Å². The van der Waals surface area contributed by atoms with Crippen molar-refractivity contribution < 1.29 is 18.9 Å². The Balaban J connectivity index is 1.58. The molecule has 3 aromatic rings. The first-order valence-electron chi connectivity index (χ1n) is 8.77. The minimum Gasteiger partial charge on any atom is -0.395 e. The Bertz CT molecular complexity index is 1030. The highest BCUT2D eigenvalue weighted by atomic mass is 32.1. The maximum absolute atomic E-state index is 12.1. The lowest BCUT2D eigenvalue weighted by Gasteiger charge is -2.04. The van der Waals surface area contributed by atoms with E-state index < -0.39 is 16.7 Å². The van der Waals surface area contributed by atoms with Crippen molar-refractivity contribution in [2.24, 2.45) is 0 Å². The minimum absolute atomic E-state index is 0.0305. The van der Waals surface area contributed by atoms with Crippen LogP contribution >= 0.6 is 11.3 Å². The molecule has 2 aromatic heterocycles. The van der Waals surface area contributed by atoms with E-state index in [0.717, 1.165) is 30.0 Å². The van der Waals surface area contributed by atoms with Crippen LogP contribution in [0.3, 0.4) is 0 Å². The summed E-state index contributed by atoms with van der Waals surface area (Å²) in [6, 6.07) is 10.3. The van der Waals surface area contributed by atoms with E-state index in [1.54, 1.807) is 0 Å². The van der Waals surface area contributed by atoms with Gasteiger partial charge in [0.1, 0.15) is 4.92 Å². The van der Waals surface area contributed by atoms with Gasteiger partial charge >= 0.3 is 5.88 Å². The van der Waals surface area contributed by atoms with Crippen LogP contribution in [-0.4, -0.2) is 28.3 Å². The maximum Gasteiger partial charge on any atom is 0.433 e. The molecule has 1 aromatic carbocycles. The maximum atomic E-state index is 12.1. The van der Waals surface area contributed by atoms with Gasteiger partial charge in [0, 0.05) is 24.4 Å². The molecule has 2 N–H and O–H groups in total. The van der Waals surface area contributed by atoms with E-state index in [1.165, 1.54) is 24.3 Å². The van der Waals surface area contributed by atoms with Gasteiger partial charge in [-0.1, -0.05) is 24.3 Å². The number of thiazole rings is 1. The SMILES string of the molecule is CC(=O)NCCCc1ccc(-c2csc(NC(=O)c3ccc([N+](=O)[O-])o3)n2)cc1. The molecule has 0 radical (unpaired) electrons. The van der Waals surface area contributed by atoms with Gasteiger partial charge in [-0.15, -0.1) is 11.3 Å². The molecule has 0 bridgehead atoms. The van der Waals surface area contributed by atoms with Crippen LogP contribution in [0.2, 0.25) is 0 Å². The lowest BCUT2D eigenvalue weighted by Crippen LogP contribution is -2.21. The second-order valence-corrected chi connectivity index (χ2v) is 7.03. The second kappa shape index (κ2) is 9.11. The molecule has 0 saturated carbocycles. The first-order valence-corrected chi connectivity index (χ1v) is 9.65. The van der Waals surface area contributed by atoms with Gasteiger partial charge in [-0.05, 0) is 24.5 Å². The topological polar surface area (TPSA) is 127 Å². The van der Waals surface area contributed by atoms with Crippen LogP contribution in [0, 0.1) is 10.1 Å². The number of furan rings is 1. The van der Waals surface area contributed by atoms with Gasteiger partial charge in [-0.3, -0.25) is 25.0 Å². The normalized spacial score (nSPS) is 10.5. The number of benzene rings is 1. The monoisotopic (exact) mass is 414 g/mol. The van der Waals surface area contributed by atoms with Crippen LogP contribution in [0.25, 0.3) is 11.3 Å². The molecule has 2 amide bonds. The second-order valence-electron chi connectivity index (χ2n) is 6.17. The number of hydrogen-bond acceptors (Lipinski definition) is 7. The number of nitrogens with zero attached hydrogens (tertiary/aromatic N) is 2. The van der Waals surface area contributed by atoms with Crippen molar-refractivity contribution >= 4 is 34.2 Å². The summed E-state index contributed by atoms with van der Waals surface area (Å²) >= 11 is 1.25. The molecule has 3 rings (SSSR count). The number of carbonyl (C=O) groups is 2. The van der Waals surface area contributed by atoms with E-state index in [9.17, 15) is 19.7 Å². The van der Waals surface area contributed by atoms with Gasteiger partial charge in [0.05, 0.1) is 11.8 Å². The number of anilines is 1. The first kappa shape index (κ1) is 20.2. The summed E-state index contributed by atoms with van der Waals surface area (Å²) in [7, 11) is 0. The highest BCUT2D eigenvalue weighted by Crippen LogP contribution is 2.26. The number of amides is 2. The third kappa shape index (κ3) is 5.48. The van der Waals surface area contributed by atoms with Crippen molar-refractivity contribution in [1.29, 1.82) is 0 Å². The fourth-order valence-corrected chi connectivity index (χ4v) is 3.28. The molecule has 0 aliphatic heterocycles. The molecule has 0 fully saturated rings. The quantitative estimate of drug-likeness (QED) is 0.329. The summed E-state index contributed by atoms with van der Waals surface area (Å²) in [5.74, 6) is -1.28. The van der Waals surface area contributed by atoms with Crippen LogP contribution in [0.5, 0.6) is 0 Å². The molecule has 0 spiro atoms. The van der Waals surface area contributed by atoms with E-state index >= 15 is 0 Å². The average Bonchev–Trinajstić information content (AvgIpc) is 3.35. The number of aryl methyl sites for hydroxylation is 1. The number of nitro groups is 1. The number of nitrogens with one attached hydrogen (secondary N) is 2. The van der Waals surface area contributed by atoms with Crippen molar-refractivity contribution in [1.82, 2.24) is 10.3 Å². The fraction of sp³-hybridized carbons (Fsp3) is 0.211. The Morgan fingerprint density at radius 2 is 1.97 bits per heavy atom. The standard InChI is InChI=1S/C19H18N4O5S/c1-12(24)20-10-2-3-13-4-6-14(7-5-13)15-11-29-19(21-15)22-18(25)16-8-9-17(28-16)23(26)27/h4-9,11H,2-3,10H2,1H3,(H,20,24)(H,21,22,25). The fourth-order valence-electron chi connectivity index (χ4n) is 2.57. The average molecular weight is 414 g/mol. The van der Waals surface area contributed by atoms with E-state index in [0.29, 0.717) is 17.4 Å². The Hall–Kier alpha value is -3.53. The van der Waals surface area contributed by atoms with E-state index in [2.05, 4.69) is 15.6 Å². The summed E-state index contributed by atoms with van der Waals surface area (Å²) in [6.45, 7) is 2.14. The highest BCUT2D eigenvalue weighted by molar-refractivity contribution is 7.14. The largest absolute Gasteiger partial charge is 0.433 e. The van der Waals surface area contributed by atoms with Crippen LogP contribution in [0.4, 0.5) is 11.0 Å². The molecule has 0 atom stereocenters. The van der Waals surface area contributed by atoms with Gasteiger partial charge in [0.2, 0.25) is 5.91 Å². The van der Waals surface area contributed by atoms with E-state index in [4.69, 9.17) is 4.42 Å². The zero-order chi connectivity index (χ0) is 20.8. The first-order chi connectivity index (χ1) is 13.9. The predicted molar refractivity (Wildman–Crippen MR) is 108 cm³/mol.